The van der Waals surface area contributed by atoms with Crippen molar-refractivity contribution in [2.75, 3.05) is 0 Å². The van der Waals surface area contributed by atoms with E-state index in [1.165, 1.54) is 0 Å². The molecule has 0 N–H and O–H groups in total. The number of benzene rings is 1. The lowest BCUT2D eigenvalue weighted by Gasteiger charge is -2.08. The number of halogens is 3. The molecule has 32 heavy (non-hydrogen) atoms. The molecule has 0 atom stereocenters. The minimum Gasteiger partial charge on any atom is -0.469 e. The lowest BCUT2D eigenvalue weighted by Crippen LogP contribution is -2.07. The molecule has 0 aliphatic heterocycles. The van der Waals surface area contributed by atoms with Crippen LogP contribution in [0.5, 0.6) is 5.88 Å². The molecule has 0 bridgehead atoms. The van der Waals surface area contributed by atoms with Crippen molar-refractivity contribution in [1.82, 2.24) is 29.4 Å². The summed E-state index contributed by atoms with van der Waals surface area (Å²) in [6.45, 7) is 5.78. The molecule has 11 heteroatoms. The van der Waals surface area contributed by atoms with Crippen LogP contribution in [0.4, 0.5) is 13.2 Å². The van der Waals surface area contributed by atoms with Gasteiger partial charge < -0.3 is 4.74 Å². The van der Waals surface area contributed by atoms with Gasteiger partial charge in [0.1, 0.15) is 11.2 Å². The summed E-state index contributed by atoms with van der Waals surface area (Å²) >= 11 is 1.58. The van der Waals surface area contributed by atoms with Crippen molar-refractivity contribution in [3.05, 3.63) is 64.2 Å². The number of aromatic nitrogens is 6. The molecule has 164 valence electrons. The van der Waals surface area contributed by atoms with Gasteiger partial charge in [-0.2, -0.15) is 18.3 Å². The average molecular weight is 458 g/mol. The van der Waals surface area contributed by atoms with Gasteiger partial charge in [0, 0.05) is 10.9 Å². The van der Waals surface area contributed by atoms with Crippen molar-refractivity contribution in [2.24, 2.45) is 0 Å². The summed E-state index contributed by atoms with van der Waals surface area (Å²) in [7, 11) is 0. The smallest absolute Gasteiger partial charge is 0.435 e. The number of hydrogen-bond acceptors (Lipinski definition) is 6. The van der Waals surface area contributed by atoms with E-state index < -0.39 is 11.9 Å². The van der Waals surface area contributed by atoms with Crippen LogP contribution in [0.15, 0.2) is 36.7 Å². The highest BCUT2D eigenvalue weighted by atomic mass is 32.1. The van der Waals surface area contributed by atoms with Crippen LogP contribution in [-0.4, -0.2) is 29.4 Å². The van der Waals surface area contributed by atoms with Crippen LogP contribution in [0.1, 0.15) is 27.5 Å². The molecular formula is C21H17F3N6OS. The zero-order valence-electron chi connectivity index (χ0n) is 17.3. The van der Waals surface area contributed by atoms with E-state index in [4.69, 9.17) is 4.74 Å². The first kappa shape index (κ1) is 20.4. The Morgan fingerprint density at radius 2 is 1.81 bits per heavy atom. The Labute approximate surface area is 184 Å². The fraction of sp³-hybridized carbons (Fsp3) is 0.238. The zero-order chi connectivity index (χ0) is 22.6. The standard InChI is InChI=1S/C21H17F3N6OS/c1-11-4-6-14(7-5-11)30-17(8-15(27-30)21(22,23)24)31-9-16-26-19-18-12(2)13(3)32-20(18)25-10-29(19)28-16/h4-8,10H,9H2,1-3H3. The van der Waals surface area contributed by atoms with E-state index in [-0.39, 0.29) is 12.5 Å². The SMILES string of the molecule is Cc1ccc(-n2nc(C(F)(F)F)cc2OCc2nc3c4c(C)c(C)sc4ncn3n2)cc1. The summed E-state index contributed by atoms with van der Waals surface area (Å²) in [5, 5.41) is 8.99. The van der Waals surface area contributed by atoms with Gasteiger partial charge in [-0.3, -0.25) is 0 Å². The molecule has 0 aliphatic carbocycles. The first-order valence-corrected chi connectivity index (χ1v) is 10.5. The highest BCUT2D eigenvalue weighted by Crippen LogP contribution is 2.33. The van der Waals surface area contributed by atoms with Crippen molar-refractivity contribution in [2.45, 2.75) is 33.6 Å². The number of hydrogen-bond donors (Lipinski definition) is 0. The average Bonchev–Trinajstić information content (AvgIpc) is 3.42. The maximum atomic E-state index is 13.3. The first-order valence-electron chi connectivity index (χ1n) is 9.68. The van der Waals surface area contributed by atoms with Gasteiger partial charge in [-0.05, 0) is 38.5 Å². The van der Waals surface area contributed by atoms with Crippen LogP contribution in [0, 0.1) is 20.8 Å². The number of fused-ring (bicyclic) bond motifs is 3. The van der Waals surface area contributed by atoms with Gasteiger partial charge in [0.25, 0.3) is 0 Å². The third kappa shape index (κ3) is 3.48. The molecule has 1 aromatic carbocycles. The Bertz CT molecular complexity index is 1450. The number of nitrogens with zero attached hydrogens (tertiary/aromatic N) is 6. The minimum absolute atomic E-state index is 0.0501. The Morgan fingerprint density at radius 3 is 2.53 bits per heavy atom. The van der Waals surface area contributed by atoms with Crippen molar-refractivity contribution in [3.63, 3.8) is 0 Å². The van der Waals surface area contributed by atoms with Gasteiger partial charge in [0.2, 0.25) is 5.88 Å². The van der Waals surface area contributed by atoms with Crippen molar-refractivity contribution >= 4 is 27.2 Å². The molecule has 5 aromatic rings. The largest absolute Gasteiger partial charge is 0.469 e. The predicted molar refractivity (Wildman–Crippen MR) is 113 cm³/mol. The van der Waals surface area contributed by atoms with Gasteiger partial charge in [-0.1, -0.05) is 17.7 Å². The molecule has 0 saturated carbocycles. The van der Waals surface area contributed by atoms with E-state index in [1.807, 2.05) is 20.8 Å². The summed E-state index contributed by atoms with van der Waals surface area (Å²) in [6.07, 6.45) is -3.02. The van der Waals surface area contributed by atoms with Gasteiger partial charge in [-0.25, -0.2) is 19.2 Å². The first-order chi connectivity index (χ1) is 15.2. The second-order valence-corrected chi connectivity index (χ2v) is 8.61. The van der Waals surface area contributed by atoms with E-state index in [0.717, 1.165) is 37.0 Å². The molecule has 0 aliphatic rings. The lowest BCUT2D eigenvalue weighted by molar-refractivity contribution is -0.141. The molecule has 4 aromatic heterocycles. The van der Waals surface area contributed by atoms with Crippen molar-refractivity contribution in [3.8, 4) is 11.6 Å². The molecule has 0 spiro atoms. The third-order valence-electron chi connectivity index (χ3n) is 5.14. The Kier molecular flexibility index (Phi) is 4.66. The van der Waals surface area contributed by atoms with Crippen LogP contribution in [-0.2, 0) is 12.8 Å². The van der Waals surface area contributed by atoms with Crippen LogP contribution in [0.3, 0.4) is 0 Å². The number of aryl methyl sites for hydroxylation is 3. The Balaban J connectivity index is 1.50. The summed E-state index contributed by atoms with van der Waals surface area (Å²) in [5.41, 5.74) is 2.12. The quantitative estimate of drug-likeness (QED) is 0.377. The molecule has 0 radical (unpaired) electrons. The van der Waals surface area contributed by atoms with Crippen LogP contribution in [0.25, 0.3) is 21.6 Å². The predicted octanol–water partition coefficient (Wildman–Crippen LogP) is 5.05. The highest BCUT2D eigenvalue weighted by molar-refractivity contribution is 7.18. The number of alkyl halides is 3. The molecule has 4 heterocycles. The molecule has 5 rings (SSSR count). The number of rotatable bonds is 4. The van der Waals surface area contributed by atoms with Gasteiger partial charge in [0.15, 0.2) is 23.8 Å². The summed E-state index contributed by atoms with van der Waals surface area (Å²) in [6, 6.07) is 7.83. The van der Waals surface area contributed by atoms with Gasteiger partial charge in [-0.15, -0.1) is 16.4 Å². The zero-order valence-corrected chi connectivity index (χ0v) is 18.1. The van der Waals surface area contributed by atoms with Crippen molar-refractivity contribution in [1.29, 1.82) is 0 Å². The minimum atomic E-state index is -4.60. The second-order valence-electron chi connectivity index (χ2n) is 7.41. The van der Waals surface area contributed by atoms with Gasteiger partial charge >= 0.3 is 6.18 Å². The third-order valence-corrected chi connectivity index (χ3v) is 6.26. The number of thiophene rings is 1. The molecule has 0 unspecified atom stereocenters. The number of ether oxygens (including phenoxy) is 1. The molecule has 0 saturated heterocycles. The maximum absolute atomic E-state index is 13.3. The maximum Gasteiger partial charge on any atom is 0.435 e. The fourth-order valence-electron chi connectivity index (χ4n) is 3.36. The van der Waals surface area contributed by atoms with E-state index in [1.54, 1.807) is 46.4 Å². The van der Waals surface area contributed by atoms with E-state index in [9.17, 15) is 13.2 Å². The summed E-state index contributed by atoms with van der Waals surface area (Å²) in [5.74, 6) is 0.277. The normalized spacial score (nSPS) is 12.2. The Morgan fingerprint density at radius 1 is 1.06 bits per heavy atom. The molecule has 7 nitrogen and oxygen atoms in total. The summed E-state index contributed by atoms with van der Waals surface area (Å²) < 4.78 is 48.2. The lowest BCUT2D eigenvalue weighted by atomic mass is 10.2. The molecular weight excluding hydrogens is 441 g/mol. The van der Waals surface area contributed by atoms with Crippen LogP contribution < -0.4 is 4.74 Å². The van der Waals surface area contributed by atoms with E-state index >= 15 is 0 Å². The van der Waals surface area contributed by atoms with E-state index in [2.05, 4.69) is 20.2 Å². The molecule has 0 fully saturated rings. The molecule has 0 amide bonds. The monoisotopic (exact) mass is 458 g/mol. The Hall–Kier alpha value is -3.47. The summed E-state index contributed by atoms with van der Waals surface area (Å²) in [4.78, 5) is 11.0. The second kappa shape index (κ2) is 7.30. The van der Waals surface area contributed by atoms with Gasteiger partial charge in [0.05, 0.1) is 11.1 Å². The fourth-order valence-corrected chi connectivity index (χ4v) is 4.36. The highest BCUT2D eigenvalue weighted by Gasteiger charge is 2.35. The van der Waals surface area contributed by atoms with Crippen LogP contribution in [0.2, 0.25) is 0 Å². The van der Waals surface area contributed by atoms with E-state index in [0.29, 0.717) is 17.2 Å². The van der Waals surface area contributed by atoms with Crippen molar-refractivity contribution < 1.29 is 17.9 Å². The van der Waals surface area contributed by atoms with Crippen LogP contribution >= 0.6 is 11.3 Å². The topological polar surface area (TPSA) is 70.1 Å².